The van der Waals surface area contributed by atoms with Crippen LogP contribution >= 0.6 is 11.6 Å². The number of anilines is 1. The van der Waals surface area contributed by atoms with Gasteiger partial charge in [-0.2, -0.15) is 0 Å². The first-order valence-electron chi connectivity index (χ1n) is 10.2. The maximum atomic E-state index is 13.6. The third-order valence-corrected chi connectivity index (χ3v) is 5.64. The molecule has 0 atom stereocenters. The first kappa shape index (κ1) is 20.9. The van der Waals surface area contributed by atoms with E-state index in [1.165, 1.54) is 4.90 Å². The van der Waals surface area contributed by atoms with Crippen molar-refractivity contribution in [2.24, 2.45) is 0 Å². The molecule has 0 aliphatic carbocycles. The normalized spacial score (nSPS) is 13.8. The summed E-state index contributed by atoms with van der Waals surface area (Å²) in [5.41, 5.74) is 4.40. The average Bonchev–Trinajstić information content (AvgIpc) is 3.02. The van der Waals surface area contributed by atoms with E-state index in [0.717, 1.165) is 22.4 Å². The van der Waals surface area contributed by atoms with Crippen molar-refractivity contribution in [3.8, 4) is 0 Å². The van der Waals surface area contributed by atoms with Gasteiger partial charge in [-0.05, 0) is 49.2 Å². The summed E-state index contributed by atoms with van der Waals surface area (Å²) in [5, 5.41) is 0.614. The lowest BCUT2D eigenvalue weighted by molar-refractivity contribution is -0.137. The van der Waals surface area contributed by atoms with Crippen molar-refractivity contribution >= 4 is 34.7 Å². The van der Waals surface area contributed by atoms with Crippen molar-refractivity contribution < 1.29 is 9.59 Å². The number of hydrogen-bond donors (Lipinski definition) is 0. The van der Waals surface area contributed by atoms with Crippen LogP contribution < -0.4 is 4.90 Å². The van der Waals surface area contributed by atoms with Crippen LogP contribution in [-0.4, -0.2) is 23.3 Å². The summed E-state index contributed by atoms with van der Waals surface area (Å²) >= 11 is 5.99. The Balaban J connectivity index is 1.81. The van der Waals surface area contributed by atoms with Crippen LogP contribution in [0.3, 0.4) is 0 Å². The molecule has 0 saturated carbocycles. The Labute approximate surface area is 187 Å². The van der Waals surface area contributed by atoms with Crippen LogP contribution in [0.25, 0.3) is 5.57 Å². The van der Waals surface area contributed by atoms with E-state index in [1.54, 1.807) is 12.1 Å². The van der Waals surface area contributed by atoms with Crippen LogP contribution in [-0.2, 0) is 16.1 Å². The van der Waals surface area contributed by atoms with E-state index in [0.29, 0.717) is 22.8 Å². The highest BCUT2D eigenvalue weighted by Gasteiger charge is 2.41. The monoisotopic (exact) mass is 430 g/mol. The summed E-state index contributed by atoms with van der Waals surface area (Å²) in [5.74, 6) is -0.575. The number of nitrogens with zero attached hydrogens (tertiary/aromatic N) is 2. The number of imide groups is 1. The number of aryl methyl sites for hydroxylation is 1. The number of rotatable bonds is 6. The molecule has 0 spiro atoms. The van der Waals surface area contributed by atoms with Crippen molar-refractivity contribution in [1.29, 1.82) is 0 Å². The van der Waals surface area contributed by atoms with Crippen LogP contribution in [0.5, 0.6) is 0 Å². The Morgan fingerprint density at radius 3 is 2.10 bits per heavy atom. The summed E-state index contributed by atoms with van der Waals surface area (Å²) in [4.78, 5) is 30.4. The maximum Gasteiger partial charge on any atom is 0.278 e. The Kier molecular flexibility index (Phi) is 5.92. The van der Waals surface area contributed by atoms with Crippen molar-refractivity contribution in [2.45, 2.75) is 20.4 Å². The molecule has 0 N–H and O–H groups in total. The molecule has 4 nitrogen and oxygen atoms in total. The fraction of sp³-hybridized carbons (Fsp3) is 0.154. The van der Waals surface area contributed by atoms with Gasteiger partial charge in [0.1, 0.15) is 5.70 Å². The van der Waals surface area contributed by atoms with Crippen molar-refractivity contribution in [1.82, 2.24) is 4.90 Å². The highest BCUT2D eigenvalue weighted by atomic mass is 35.5. The fourth-order valence-electron chi connectivity index (χ4n) is 3.79. The molecular weight excluding hydrogens is 408 g/mol. The van der Waals surface area contributed by atoms with E-state index >= 15 is 0 Å². The number of para-hydroxylation sites is 1. The molecule has 2 amide bonds. The van der Waals surface area contributed by atoms with Crippen molar-refractivity contribution in [3.05, 3.63) is 106 Å². The maximum absolute atomic E-state index is 13.6. The van der Waals surface area contributed by atoms with E-state index in [4.69, 9.17) is 11.6 Å². The minimum absolute atomic E-state index is 0.194. The molecule has 0 radical (unpaired) electrons. The second kappa shape index (κ2) is 8.78. The smallest absolute Gasteiger partial charge is 0.278 e. The van der Waals surface area contributed by atoms with Crippen LogP contribution in [0, 0.1) is 6.92 Å². The lowest BCUT2D eigenvalue weighted by Crippen LogP contribution is -2.34. The molecule has 0 unspecified atom stereocenters. The van der Waals surface area contributed by atoms with Gasteiger partial charge in [0.15, 0.2) is 0 Å². The fourth-order valence-corrected chi connectivity index (χ4v) is 3.91. The average molecular weight is 431 g/mol. The minimum atomic E-state index is -0.291. The van der Waals surface area contributed by atoms with Crippen LogP contribution in [0.1, 0.15) is 23.6 Å². The van der Waals surface area contributed by atoms with Crippen molar-refractivity contribution in [2.75, 3.05) is 11.4 Å². The van der Waals surface area contributed by atoms with Crippen LogP contribution in [0.15, 0.2) is 84.6 Å². The van der Waals surface area contributed by atoms with E-state index in [9.17, 15) is 9.59 Å². The van der Waals surface area contributed by atoms with Gasteiger partial charge in [-0.15, -0.1) is 0 Å². The first-order valence-corrected chi connectivity index (χ1v) is 10.6. The van der Waals surface area contributed by atoms with E-state index in [2.05, 4.69) is 0 Å². The molecular formula is C26H23ClN2O2. The first-order chi connectivity index (χ1) is 15.0. The lowest BCUT2D eigenvalue weighted by Gasteiger charge is -2.25. The summed E-state index contributed by atoms with van der Waals surface area (Å²) in [6.07, 6.45) is 0. The van der Waals surface area contributed by atoms with Gasteiger partial charge < -0.3 is 4.90 Å². The highest BCUT2D eigenvalue weighted by molar-refractivity contribution is 6.36. The quantitative estimate of drug-likeness (QED) is 0.488. The zero-order chi connectivity index (χ0) is 22.0. The SMILES string of the molecule is CCN(C1=C(c2ccc(C)cc2)C(=O)N(Cc2ccc(Cl)cc2)C1=O)c1ccccc1. The van der Waals surface area contributed by atoms with Gasteiger partial charge in [0.05, 0.1) is 12.1 Å². The van der Waals surface area contributed by atoms with Gasteiger partial charge in [0.2, 0.25) is 0 Å². The van der Waals surface area contributed by atoms with Gasteiger partial charge in [0.25, 0.3) is 11.8 Å². The molecule has 3 aromatic rings. The van der Waals surface area contributed by atoms with Gasteiger partial charge in [-0.3, -0.25) is 14.5 Å². The number of carbonyl (C=O) groups excluding carboxylic acids is 2. The zero-order valence-corrected chi connectivity index (χ0v) is 18.3. The summed E-state index contributed by atoms with van der Waals surface area (Å²) in [6, 6.07) is 24.6. The van der Waals surface area contributed by atoms with Crippen LogP contribution in [0.4, 0.5) is 5.69 Å². The predicted molar refractivity (Wildman–Crippen MR) is 125 cm³/mol. The molecule has 4 rings (SSSR count). The molecule has 0 saturated heterocycles. The molecule has 1 heterocycles. The Hall–Kier alpha value is -3.37. The van der Waals surface area contributed by atoms with Gasteiger partial charge in [-0.1, -0.05) is 71.8 Å². The minimum Gasteiger partial charge on any atom is -0.337 e. The van der Waals surface area contributed by atoms with E-state index in [1.807, 2.05) is 85.5 Å². The molecule has 0 fully saturated rings. The standard InChI is InChI=1S/C26H23ClN2O2/c1-3-28(22-7-5-4-6-8-22)24-23(20-13-9-18(2)10-14-20)25(30)29(26(24)31)17-19-11-15-21(27)16-12-19/h4-16H,3,17H2,1-2H3. The summed E-state index contributed by atoms with van der Waals surface area (Å²) < 4.78 is 0. The van der Waals surface area contributed by atoms with E-state index < -0.39 is 0 Å². The Bertz CT molecular complexity index is 1140. The number of likely N-dealkylation sites (N-methyl/N-ethyl adjacent to an activating group) is 1. The second-order valence-corrected chi connectivity index (χ2v) is 7.93. The highest BCUT2D eigenvalue weighted by Crippen LogP contribution is 2.35. The number of hydrogen-bond acceptors (Lipinski definition) is 3. The van der Waals surface area contributed by atoms with Gasteiger partial charge >= 0.3 is 0 Å². The molecule has 0 aromatic heterocycles. The van der Waals surface area contributed by atoms with Gasteiger partial charge in [0, 0.05) is 17.3 Å². The van der Waals surface area contributed by atoms with Crippen LogP contribution in [0.2, 0.25) is 5.02 Å². The summed E-state index contributed by atoms with van der Waals surface area (Å²) in [7, 11) is 0. The molecule has 1 aliphatic rings. The molecule has 5 heteroatoms. The summed E-state index contributed by atoms with van der Waals surface area (Å²) in [6.45, 7) is 4.73. The molecule has 31 heavy (non-hydrogen) atoms. The molecule has 156 valence electrons. The van der Waals surface area contributed by atoms with E-state index in [-0.39, 0.29) is 18.4 Å². The largest absolute Gasteiger partial charge is 0.337 e. The third kappa shape index (κ3) is 4.12. The second-order valence-electron chi connectivity index (χ2n) is 7.49. The topological polar surface area (TPSA) is 40.6 Å². The molecule has 1 aliphatic heterocycles. The Morgan fingerprint density at radius 2 is 1.48 bits per heavy atom. The number of amides is 2. The van der Waals surface area contributed by atoms with Crippen molar-refractivity contribution in [3.63, 3.8) is 0 Å². The zero-order valence-electron chi connectivity index (χ0n) is 17.5. The Morgan fingerprint density at radius 1 is 0.839 bits per heavy atom. The van der Waals surface area contributed by atoms with Gasteiger partial charge in [-0.25, -0.2) is 0 Å². The molecule has 3 aromatic carbocycles. The molecule has 0 bridgehead atoms. The lowest BCUT2D eigenvalue weighted by atomic mass is 10.0. The number of benzene rings is 3. The third-order valence-electron chi connectivity index (χ3n) is 5.39. The number of halogens is 1. The number of carbonyl (C=O) groups is 2. The predicted octanol–water partition coefficient (Wildman–Crippen LogP) is 5.46.